The summed E-state index contributed by atoms with van der Waals surface area (Å²) in [5.41, 5.74) is 4.37. The zero-order valence-electron chi connectivity index (χ0n) is 12.5. The van der Waals surface area contributed by atoms with Crippen LogP contribution in [0.25, 0.3) is 5.65 Å². The predicted octanol–water partition coefficient (Wildman–Crippen LogP) is 1.46. The number of hydrogen-bond acceptors (Lipinski definition) is 4. The van der Waals surface area contributed by atoms with E-state index in [2.05, 4.69) is 38.5 Å². The molecule has 0 amide bonds. The summed E-state index contributed by atoms with van der Waals surface area (Å²) >= 11 is 0. The van der Waals surface area contributed by atoms with Crippen molar-refractivity contribution in [1.82, 2.24) is 14.3 Å². The number of anilines is 1. The second-order valence-electron chi connectivity index (χ2n) is 6.34. The van der Waals surface area contributed by atoms with Gasteiger partial charge in [0.2, 0.25) is 0 Å². The second kappa shape index (κ2) is 5.00. The van der Waals surface area contributed by atoms with Crippen molar-refractivity contribution in [1.29, 1.82) is 0 Å². The Labute approximate surface area is 124 Å². The fourth-order valence-electron chi connectivity index (χ4n) is 3.15. The number of nitrogens with zero attached hydrogens (tertiary/aromatic N) is 4. The highest BCUT2D eigenvalue weighted by atomic mass is 16.3. The third-order valence-electron chi connectivity index (χ3n) is 4.66. The molecule has 3 heterocycles. The maximum absolute atomic E-state index is 9.37. The first-order valence-corrected chi connectivity index (χ1v) is 7.80. The quantitative estimate of drug-likeness (QED) is 0.927. The average molecular weight is 286 g/mol. The van der Waals surface area contributed by atoms with Gasteiger partial charge >= 0.3 is 0 Å². The SMILES string of the molecule is CN1CCN(c2cc(C3CC3)cn3cc(CO)nc23)CC1. The van der Waals surface area contributed by atoms with Crippen LogP contribution in [0.3, 0.4) is 0 Å². The number of aliphatic hydroxyl groups excluding tert-OH is 1. The molecule has 2 aromatic rings. The molecule has 0 radical (unpaired) electrons. The van der Waals surface area contributed by atoms with E-state index in [1.165, 1.54) is 24.1 Å². The van der Waals surface area contributed by atoms with E-state index in [0.29, 0.717) is 0 Å². The molecule has 112 valence electrons. The van der Waals surface area contributed by atoms with E-state index in [4.69, 9.17) is 0 Å². The van der Waals surface area contributed by atoms with Gasteiger partial charge in [0.15, 0.2) is 5.65 Å². The molecular formula is C16H22N4O. The molecule has 2 aromatic heterocycles. The lowest BCUT2D eigenvalue weighted by atomic mass is 10.1. The van der Waals surface area contributed by atoms with Crippen molar-refractivity contribution in [2.75, 3.05) is 38.1 Å². The number of aliphatic hydroxyl groups is 1. The summed E-state index contributed by atoms with van der Waals surface area (Å²) in [4.78, 5) is 9.41. The van der Waals surface area contributed by atoms with E-state index in [0.717, 1.165) is 43.4 Å². The molecule has 5 heteroatoms. The Morgan fingerprint density at radius 2 is 1.95 bits per heavy atom. The molecule has 0 unspecified atom stereocenters. The van der Waals surface area contributed by atoms with E-state index in [-0.39, 0.29) is 6.61 Å². The average Bonchev–Trinajstić information content (AvgIpc) is 3.26. The van der Waals surface area contributed by atoms with E-state index in [9.17, 15) is 5.11 Å². The number of likely N-dealkylation sites (N-methyl/N-ethyl adjacent to an activating group) is 1. The molecular weight excluding hydrogens is 264 g/mol. The van der Waals surface area contributed by atoms with Gasteiger partial charge in [0.1, 0.15) is 0 Å². The maximum Gasteiger partial charge on any atom is 0.160 e. The van der Waals surface area contributed by atoms with Gasteiger partial charge in [-0.25, -0.2) is 4.98 Å². The van der Waals surface area contributed by atoms with E-state index < -0.39 is 0 Å². The Kier molecular flexibility index (Phi) is 3.12. The summed E-state index contributed by atoms with van der Waals surface area (Å²) in [6.07, 6.45) is 6.75. The normalized spacial score (nSPS) is 20.4. The molecule has 0 spiro atoms. The minimum absolute atomic E-state index is 0.00260. The van der Waals surface area contributed by atoms with Crippen LogP contribution in [-0.2, 0) is 6.61 Å². The van der Waals surface area contributed by atoms with Crippen LogP contribution in [0, 0.1) is 0 Å². The molecule has 1 saturated heterocycles. The lowest BCUT2D eigenvalue weighted by Crippen LogP contribution is -2.44. The number of piperazine rings is 1. The topological polar surface area (TPSA) is 44.0 Å². The Hall–Kier alpha value is -1.59. The van der Waals surface area contributed by atoms with Crippen LogP contribution < -0.4 is 4.90 Å². The summed E-state index contributed by atoms with van der Waals surface area (Å²) in [6, 6.07) is 2.33. The highest BCUT2D eigenvalue weighted by Gasteiger charge is 2.26. The highest BCUT2D eigenvalue weighted by molar-refractivity contribution is 5.71. The van der Waals surface area contributed by atoms with Crippen LogP contribution >= 0.6 is 0 Å². The van der Waals surface area contributed by atoms with E-state index in [1.54, 1.807) is 0 Å². The van der Waals surface area contributed by atoms with Crippen LogP contribution in [0.15, 0.2) is 18.5 Å². The highest BCUT2D eigenvalue weighted by Crippen LogP contribution is 2.41. The Morgan fingerprint density at radius 3 is 2.62 bits per heavy atom. The largest absolute Gasteiger partial charge is 0.390 e. The Bertz CT molecular complexity index is 654. The molecule has 1 saturated carbocycles. The fraction of sp³-hybridized carbons (Fsp3) is 0.562. The molecule has 0 atom stereocenters. The number of aromatic nitrogens is 2. The predicted molar refractivity (Wildman–Crippen MR) is 82.8 cm³/mol. The Morgan fingerprint density at radius 1 is 1.19 bits per heavy atom. The van der Waals surface area contributed by atoms with Crippen LogP contribution in [0.5, 0.6) is 0 Å². The summed E-state index contributed by atoms with van der Waals surface area (Å²) in [6.45, 7) is 4.27. The smallest absolute Gasteiger partial charge is 0.160 e. The van der Waals surface area contributed by atoms with Crippen molar-refractivity contribution in [3.8, 4) is 0 Å². The number of imidazole rings is 1. The molecule has 1 aliphatic carbocycles. The van der Waals surface area contributed by atoms with Crippen LogP contribution in [0.2, 0.25) is 0 Å². The summed E-state index contributed by atoms with van der Waals surface area (Å²) in [5, 5.41) is 9.37. The lowest BCUT2D eigenvalue weighted by Gasteiger charge is -2.34. The molecule has 2 aliphatic rings. The van der Waals surface area contributed by atoms with Crippen molar-refractivity contribution in [2.45, 2.75) is 25.4 Å². The van der Waals surface area contributed by atoms with Crippen molar-refractivity contribution in [3.63, 3.8) is 0 Å². The first-order valence-electron chi connectivity index (χ1n) is 7.80. The molecule has 1 N–H and O–H groups in total. The van der Waals surface area contributed by atoms with E-state index >= 15 is 0 Å². The molecule has 5 nitrogen and oxygen atoms in total. The zero-order valence-corrected chi connectivity index (χ0v) is 12.5. The van der Waals surface area contributed by atoms with Gasteiger partial charge in [-0.2, -0.15) is 0 Å². The fourth-order valence-corrected chi connectivity index (χ4v) is 3.15. The summed E-state index contributed by atoms with van der Waals surface area (Å²) in [7, 11) is 2.17. The van der Waals surface area contributed by atoms with Gasteiger partial charge in [-0.1, -0.05) is 0 Å². The molecule has 0 bridgehead atoms. The minimum Gasteiger partial charge on any atom is -0.390 e. The van der Waals surface area contributed by atoms with Gasteiger partial charge < -0.3 is 19.3 Å². The molecule has 0 aromatic carbocycles. The van der Waals surface area contributed by atoms with Crippen molar-refractivity contribution >= 4 is 11.3 Å². The maximum atomic E-state index is 9.37. The van der Waals surface area contributed by atoms with Crippen LogP contribution in [-0.4, -0.2) is 52.6 Å². The van der Waals surface area contributed by atoms with Gasteiger partial charge in [-0.05, 0) is 37.4 Å². The summed E-state index contributed by atoms with van der Waals surface area (Å²) < 4.78 is 2.10. The molecule has 2 fully saturated rings. The number of rotatable bonds is 3. The minimum atomic E-state index is 0.00260. The number of hydrogen-bond donors (Lipinski definition) is 1. The van der Waals surface area contributed by atoms with Gasteiger partial charge in [0, 0.05) is 38.6 Å². The monoisotopic (exact) mass is 286 g/mol. The number of fused-ring (bicyclic) bond motifs is 1. The van der Waals surface area contributed by atoms with Gasteiger partial charge in [-0.15, -0.1) is 0 Å². The van der Waals surface area contributed by atoms with Crippen molar-refractivity contribution in [3.05, 3.63) is 29.7 Å². The van der Waals surface area contributed by atoms with Crippen LogP contribution in [0.1, 0.15) is 30.0 Å². The second-order valence-corrected chi connectivity index (χ2v) is 6.34. The first kappa shape index (κ1) is 13.1. The first-order chi connectivity index (χ1) is 10.2. The van der Waals surface area contributed by atoms with Gasteiger partial charge in [0.05, 0.1) is 18.0 Å². The molecule has 21 heavy (non-hydrogen) atoms. The number of pyridine rings is 1. The lowest BCUT2D eigenvalue weighted by molar-refractivity contribution is 0.277. The summed E-state index contributed by atoms with van der Waals surface area (Å²) in [5.74, 6) is 0.723. The van der Waals surface area contributed by atoms with Crippen molar-refractivity contribution in [2.24, 2.45) is 0 Å². The molecule has 1 aliphatic heterocycles. The van der Waals surface area contributed by atoms with E-state index in [1.807, 2.05) is 6.20 Å². The van der Waals surface area contributed by atoms with Crippen molar-refractivity contribution < 1.29 is 5.11 Å². The Balaban J connectivity index is 1.78. The van der Waals surface area contributed by atoms with Gasteiger partial charge in [0.25, 0.3) is 0 Å². The third-order valence-corrected chi connectivity index (χ3v) is 4.66. The van der Waals surface area contributed by atoms with Crippen LogP contribution in [0.4, 0.5) is 5.69 Å². The zero-order chi connectivity index (χ0) is 14.4. The van der Waals surface area contributed by atoms with Gasteiger partial charge in [-0.3, -0.25) is 0 Å². The standard InChI is InChI=1S/C16H22N4O/c1-18-4-6-19(7-5-18)15-8-13(12-2-3-12)9-20-10-14(11-21)17-16(15)20/h8-10,12,21H,2-7,11H2,1H3. The third kappa shape index (κ3) is 2.40. The molecule has 4 rings (SSSR count).